The average Bonchev–Trinajstić information content (AvgIpc) is 3.23. The first-order valence-corrected chi connectivity index (χ1v) is 15.5. The van der Waals surface area contributed by atoms with E-state index in [4.69, 9.17) is 5.11 Å². The molecule has 12 heteroatoms. The molecule has 0 unspecified atom stereocenters. The van der Waals surface area contributed by atoms with Gasteiger partial charge < -0.3 is 10.4 Å². The first kappa shape index (κ1) is 29.5. The summed E-state index contributed by atoms with van der Waals surface area (Å²) in [7, 11) is -4.20. The molecule has 0 spiro atoms. The van der Waals surface area contributed by atoms with Crippen molar-refractivity contribution in [1.29, 1.82) is 0 Å². The van der Waals surface area contributed by atoms with E-state index in [9.17, 15) is 26.8 Å². The summed E-state index contributed by atoms with van der Waals surface area (Å²) in [5.74, 6) is -1.42. The Hall–Kier alpha value is -2.44. The van der Waals surface area contributed by atoms with Crippen LogP contribution in [0.1, 0.15) is 93.2 Å². The summed E-state index contributed by atoms with van der Waals surface area (Å²) in [5, 5.41) is 12.1. The first-order valence-electron chi connectivity index (χ1n) is 13.2. The van der Waals surface area contributed by atoms with Gasteiger partial charge in [0.1, 0.15) is 0 Å². The number of rotatable bonds is 9. The van der Waals surface area contributed by atoms with E-state index < -0.39 is 50.2 Å². The number of thiazole rings is 1. The predicted molar refractivity (Wildman–Crippen MR) is 144 cm³/mol. The highest BCUT2D eigenvalue weighted by molar-refractivity contribution is 7.89. The largest absolute Gasteiger partial charge is 0.481 e. The van der Waals surface area contributed by atoms with Gasteiger partial charge in [-0.3, -0.25) is 9.59 Å². The Balaban J connectivity index is 1.67. The molecule has 2 fully saturated rings. The summed E-state index contributed by atoms with van der Waals surface area (Å²) in [6.07, 6.45) is 3.69. The summed E-state index contributed by atoms with van der Waals surface area (Å²) < 4.78 is 56.6. The number of aromatic nitrogens is 1. The second-order valence-corrected chi connectivity index (χ2v) is 14.2. The van der Waals surface area contributed by atoms with Crippen LogP contribution in [0, 0.1) is 11.8 Å². The van der Waals surface area contributed by atoms with Gasteiger partial charge >= 0.3 is 5.97 Å². The molecule has 1 amide bonds. The van der Waals surface area contributed by atoms with Crippen LogP contribution in [-0.2, 0) is 21.2 Å². The van der Waals surface area contributed by atoms with Gasteiger partial charge in [0.2, 0.25) is 10.0 Å². The molecule has 2 saturated carbocycles. The normalized spacial score (nSPS) is 20.6. The number of carbonyl (C=O) groups is 2. The zero-order chi connectivity index (χ0) is 28.5. The number of benzene rings is 1. The van der Waals surface area contributed by atoms with Crippen LogP contribution in [-0.4, -0.2) is 42.0 Å². The summed E-state index contributed by atoms with van der Waals surface area (Å²) >= 11 is 1.09. The molecule has 1 aromatic carbocycles. The molecule has 39 heavy (non-hydrogen) atoms. The number of alkyl halides is 2. The van der Waals surface area contributed by atoms with Gasteiger partial charge in [0.15, 0.2) is 5.01 Å². The fraction of sp³-hybridized carbons (Fsp3) is 0.593. The molecule has 3 N–H and O–H groups in total. The number of nitrogens with one attached hydrogen (secondary N) is 2. The minimum atomic E-state index is -4.20. The second kappa shape index (κ2) is 11.6. The summed E-state index contributed by atoms with van der Waals surface area (Å²) in [6, 6.07) is 3.62. The number of nitrogens with zero attached hydrogens (tertiary/aromatic N) is 1. The van der Waals surface area contributed by atoms with Crippen molar-refractivity contribution in [3.8, 4) is 10.4 Å². The van der Waals surface area contributed by atoms with Crippen LogP contribution in [0.15, 0.2) is 23.1 Å². The van der Waals surface area contributed by atoms with Crippen molar-refractivity contribution in [2.45, 2.75) is 95.0 Å². The Kier molecular flexibility index (Phi) is 8.77. The van der Waals surface area contributed by atoms with Gasteiger partial charge in [-0.1, -0.05) is 38.2 Å². The van der Waals surface area contributed by atoms with Crippen LogP contribution >= 0.6 is 11.3 Å². The van der Waals surface area contributed by atoms with E-state index in [1.54, 1.807) is 20.8 Å². The van der Waals surface area contributed by atoms with Crippen LogP contribution in [0.3, 0.4) is 0 Å². The van der Waals surface area contributed by atoms with Gasteiger partial charge in [-0.2, -0.15) is 0 Å². The Labute approximate surface area is 231 Å². The molecule has 1 heterocycles. The molecule has 2 aromatic rings. The van der Waals surface area contributed by atoms with E-state index in [0.29, 0.717) is 41.3 Å². The molecule has 2 aliphatic rings. The monoisotopic (exact) mass is 583 g/mol. The Morgan fingerprint density at radius 1 is 1.15 bits per heavy atom. The molecule has 0 aliphatic heterocycles. The second-order valence-electron chi connectivity index (χ2n) is 11.6. The quantitative estimate of drug-likeness (QED) is 0.356. The number of carbonyl (C=O) groups excluding carboxylic acids is 1. The Bertz CT molecular complexity index is 1330. The van der Waals surface area contributed by atoms with Crippen LogP contribution in [0.25, 0.3) is 10.4 Å². The van der Waals surface area contributed by atoms with Crippen molar-refractivity contribution in [2.24, 2.45) is 11.8 Å². The lowest BCUT2D eigenvalue weighted by Gasteiger charge is -2.32. The van der Waals surface area contributed by atoms with Crippen LogP contribution in [0.4, 0.5) is 8.78 Å². The number of aliphatic carboxylic acids is 1. The SMILES string of the molecule is CC(C)(C)NS(=O)(=O)c1ccc(-c2sc(C(=O)N[C@H]3C[C@H](C(=O)O)C3)nc2CC2CCCCC2)cc1C(F)F. The fourth-order valence-electron chi connectivity index (χ4n) is 5.22. The van der Waals surface area contributed by atoms with Crippen LogP contribution in [0.2, 0.25) is 0 Å². The maximum absolute atomic E-state index is 14.2. The molecule has 0 atom stereocenters. The van der Waals surface area contributed by atoms with Gasteiger partial charge in [-0.25, -0.2) is 26.9 Å². The molecule has 214 valence electrons. The van der Waals surface area contributed by atoms with Gasteiger partial charge in [0, 0.05) is 17.1 Å². The van der Waals surface area contributed by atoms with Crippen molar-refractivity contribution in [3.63, 3.8) is 0 Å². The Morgan fingerprint density at radius 3 is 2.41 bits per heavy atom. The van der Waals surface area contributed by atoms with E-state index in [-0.39, 0.29) is 11.0 Å². The van der Waals surface area contributed by atoms with Gasteiger partial charge in [-0.05, 0) is 63.6 Å². The molecular weight excluding hydrogens is 548 g/mol. The number of amides is 1. The molecule has 0 bridgehead atoms. The average molecular weight is 584 g/mol. The van der Waals surface area contributed by atoms with Crippen molar-refractivity contribution >= 4 is 33.2 Å². The lowest BCUT2D eigenvalue weighted by molar-refractivity contribution is -0.145. The van der Waals surface area contributed by atoms with Crippen LogP contribution in [0.5, 0.6) is 0 Å². The highest BCUT2D eigenvalue weighted by Gasteiger charge is 2.36. The molecule has 1 aromatic heterocycles. The number of sulfonamides is 1. The number of hydrogen-bond donors (Lipinski definition) is 3. The van der Waals surface area contributed by atoms with Crippen LogP contribution < -0.4 is 10.0 Å². The molecule has 2 aliphatic carbocycles. The third kappa shape index (κ3) is 7.20. The summed E-state index contributed by atoms with van der Waals surface area (Å²) in [5.41, 5.74) is -0.439. The highest BCUT2D eigenvalue weighted by atomic mass is 32.2. The third-order valence-electron chi connectivity index (χ3n) is 7.16. The first-order chi connectivity index (χ1) is 18.2. The lowest BCUT2D eigenvalue weighted by Crippen LogP contribution is -2.46. The maximum atomic E-state index is 14.2. The van der Waals surface area contributed by atoms with Gasteiger partial charge in [-0.15, -0.1) is 11.3 Å². The number of carboxylic acid groups (broad SMARTS) is 1. The van der Waals surface area contributed by atoms with E-state index in [0.717, 1.165) is 37.0 Å². The van der Waals surface area contributed by atoms with E-state index >= 15 is 0 Å². The zero-order valence-electron chi connectivity index (χ0n) is 22.3. The number of halogens is 2. The lowest BCUT2D eigenvalue weighted by atomic mass is 9.80. The van der Waals surface area contributed by atoms with Gasteiger partial charge in [0.05, 0.1) is 21.4 Å². The number of carboxylic acids is 1. The predicted octanol–water partition coefficient (Wildman–Crippen LogP) is 5.54. The molecule has 8 nitrogen and oxygen atoms in total. The standard InChI is InChI=1S/C27H35F2N3O5S2/c1-27(2,3)32-39(36,37)21-10-9-16(14-19(21)23(28)29)22-20(11-15-7-5-4-6-8-15)31-25(38-22)24(33)30-18-12-17(13-18)26(34)35/h9-10,14-15,17-18,23,32H,4-8,11-13H2,1-3H3,(H,30,33)(H,34,35)/t17-,18-. The summed E-state index contributed by atoms with van der Waals surface area (Å²) in [6.45, 7) is 4.90. The third-order valence-corrected chi connectivity index (χ3v) is 10.1. The molecule has 0 saturated heterocycles. The van der Waals surface area contributed by atoms with Gasteiger partial charge in [0.25, 0.3) is 12.3 Å². The van der Waals surface area contributed by atoms with Crippen molar-refractivity contribution in [1.82, 2.24) is 15.0 Å². The zero-order valence-corrected chi connectivity index (χ0v) is 23.9. The Morgan fingerprint density at radius 2 is 1.82 bits per heavy atom. The molecule has 0 radical (unpaired) electrons. The summed E-state index contributed by atoms with van der Waals surface area (Å²) in [4.78, 5) is 28.8. The fourth-order valence-corrected chi connectivity index (χ4v) is 7.84. The topological polar surface area (TPSA) is 125 Å². The van der Waals surface area contributed by atoms with Crippen molar-refractivity contribution in [2.75, 3.05) is 0 Å². The van der Waals surface area contributed by atoms with Crippen molar-refractivity contribution < 1.29 is 31.9 Å². The van der Waals surface area contributed by atoms with E-state index in [2.05, 4.69) is 15.0 Å². The van der Waals surface area contributed by atoms with E-state index in [1.165, 1.54) is 24.6 Å². The maximum Gasteiger partial charge on any atom is 0.306 e. The molecule has 4 rings (SSSR count). The van der Waals surface area contributed by atoms with Crippen molar-refractivity contribution in [3.05, 3.63) is 34.5 Å². The minimum absolute atomic E-state index is 0.180. The smallest absolute Gasteiger partial charge is 0.306 e. The highest BCUT2D eigenvalue weighted by Crippen LogP contribution is 2.38. The molecular formula is C27H35F2N3O5S2. The number of hydrogen-bond acceptors (Lipinski definition) is 6. The van der Waals surface area contributed by atoms with E-state index in [1.807, 2.05) is 0 Å². The minimum Gasteiger partial charge on any atom is -0.481 e.